The molecule has 1 amide bonds. The SMILES string of the molecule is CCCCCCCCC/C=C/C(O)C(CO)NC(=O)CCCCCCC/C=C\CCCCCCCCCOC(=O)CCCCCCCCCCCCCCCCCCC. The van der Waals surface area contributed by atoms with E-state index in [-0.39, 0.29) is 18.5 Å². The number of unbranched alkanes of at least 4 members (excludes halogenated alkanes) is 35. The summed E-state index contributed by atoms with van der Waals surface area (Å²) < 4.78 is 5.47. The van der Waals surface area contributed by atoms with E-state index in [9.17, 15) is 19.8 Å². The van der Waals surface area contributed by atoms with Gasteiger partial charge in [0.25, 0.3) is 0 Å². The van der Waals surface area contributed by atoms with Gasteiger partial charge in [-0.15, -0.1) is 0 Å². The molecule has 0 heterocycles. The molecule has 3 N–H and O–H groups in total. The third kappa shape index (κ3) is 45.7. The fourth-order valence-electron chi connectivity index (χ4n) is 7.92. The van der Waals surface area contributed by atoms with Gasteiger partial charge in [0.1, 0.15) is 0 Å². The summed E-state index contributed by atoms with van der Waals surface area (Å²) in [5.41, 5.74) is 0. The lowest BCUT2D eigenvalue weighted by Crippen LogP contribution is -2.45. The Bertz CT molecular complexity index is 920. The van der Waals surface area contributed by atoms with E-state index in [1.807, 2.05) is 6.08 Å². The van der Waals surface area contributed by atoms with Crippen LogP contribution in [0.15, 0.2) is 24.3 Å². The Morgan fingerprint density at radius 1 is 0.458 bits per heavy atom. The van der Waals surface area contributed by atoms with Gasteiger partial charge in [-0.3, -0.25) is 9.59 Å². The summed E-state index contributed by atoms with van der Waals surface area (Å²) in [6.07, 6.45) is 57.6. The molecule has 0 saturated heterocycles. The third-order valence-electron chi connectivity index (χ3n) is 12.0. The molecule has 59 heavy (non-hydrogen) atoms. The summed E-state index contributed by atoms with van der Waals surface area (Å²) in [4.78, 5) is 24.4. The fraction of sp³-hybridized carbons (Fsp3) is 0.887. The van der Waals surface area contributed by atoms with Gasteiger partial charge in [-0.05, 0) is 57.8 Å². The summed E-state index contributed by atoms with van der Waals surface area (Å²) in [6, 6.07) is -0.637. The van der Waals surface area contributed by atoms with Gasteiger partial charge in [-0.2, -0.15) is 0 Å². The molecule has 0 aliphatic heterocycles. The molecule has 2 atom stereocenters. The first-order valence-corrected chi connectivity index (χ1v) is 26.1. The molecule has 0 rings (SSSR count). The second-order valence-electron chi connectivity index (χ2n) is 17.9. The zero-order chi connectivity index (χ0) is 43.0. The smallest absolute Gasteiger partial charge is 0.305 e. The van der Waals surface area contributed by atoms with E-state index < -0.39 is 12.1 Å². The van der Waals surface area contributed by atoms with Crippen LogP contribution in [0.4, 0.5) is 0 Å². The molecule has 0 aliphatic carbocycles. The number of ether oxygens (including phenoxy) is 1. The standard InChI is InChI=1S/C53H101NO5/c1-3-5-7-9-11-13-14-15-16-17-21-24-27-31-35-39-43-47-53(58)59-48-44-40-36-32-28-25-22-19-18-20-23-26-30-34-38-42-46-52(57)54-50(49-55)51(56)45-41-37-33-29-12-10-8-6-4-2/h18,20,41,45,50-51,55-56H,3-17,19,21-40,42-44,46-49H2,1-2H3,(H,54,57)/b20-18-,45-41+. The van der Waals surface area contributed by atoms with Crippen LogP contribution in [-0.2, 0) is 14.3 Å². The van der Waals surface area contributed by atoms with Gasteiger partial charge in [0.15, 0.2) is 0 Å². The second-order valence-corrected chi connectivity index (χ2v) is 17.9. The van der Waals surface area contributed by atoms with Crippen molar-refractivity contribution in [3.63, 3.8) is 0 Å². The lowest BCUT2D eigenvalue weighted by Gasteiger charge is -2.20. The van der Waals surface area contributed by atoms with Crippen LogP contribution in [-0.4, -0.2) is 47.4 Å². The first kappa shape index (κ1) is 57.3. The highest BCUT2D eigenvalue weighted by molar-refractivity contribution is 5.76. The van der Waals surface area contributed by atoms with Gasteiger partial charge in [0.2, 0.25) is 5.91 Å². The molecule has 6 nitrogen and oxygen atoms in total. The van der Waals surface area contributed by atoms with Crippen LogP contribution >= 0.6 is 0 Å². The van der Waals surface area contributed by atoms with Gasteiger partial charge >= 0.3 is 5.97 Å². The Kier molecular flexibility index (Phi) is 47.6. The van der Waals surface area contributed by atoms with E-state index in [2.05, 4.69) is 31.3 Å². The minimum Gasteiger partial charge on any atom is -0.466 e. The van der Waals surface area contributed by atoms with Crippen molar-refractivity contribution in [2.45, 2.75) is 289 Å². The van der Waals surface area contributed by atoms with Crippen LogP contribution in [0.1, 0.15) is 277 Å². The molecule has 6 heteroatoms. The van der Waals surface area contributed by atoms with E-state index in [4.69, 9.17) is 4.74 Å². The van der Waals surface area contributed by atoms with Crippen molar-refractivity contribution in [2.75, 3.05) is 13.2 Å². The molecule has 0 aromatic carbocycles. The Hall–Kier alpha value is -1.66. The fourth-order valence-corrected chi connectivity index (χ4v) is 7.92. The molecule has 0 bridgehead atoms. The van der Waals surface area contributed by atoms with Crippen LogP contribution in [0.25, 0.3) is 0 Å². The van der Waals surface area contributed by atoms with Gasteiger partial charge < -0.3 is 20.3 Å². The van der Waals surface area contributed by atoms with Gasteiger partial charge in [0.05, 0.1) is 25.4 Å². The predicted molar refractivity (Wildman–Crippen MR) is 255 cm³/mol. The predicted octanol–water partition coefficient (Wildman–Crippen LogP) is 15.5. The van der Waals surface area contributed by atoms with Crippen molar-refractivity contribution in [2.24, 2.45) is 0 Å². The zero-order valence-electron chi connectivity index (χ0n) is 39.5. The number of amides is 1. The van der Waals surface area contributed by atoms with Crippen LogP contribution in [0.2, 0.25) is 0 Å². The maximum absolute atomic E-state index is 12.4. The molecular weight excluding hydrogens is 731 g/mol. The maximum Gasteiger partial charge on any atom is 0.305 e. The Balaban J connectivity index is 3.44. The Morgan fingerprint density at radius 2 is 0.797 bits per heavy atom. The molecule has 0 radical (unpaired) electrons. The second kappa shape index (κ2) is 49.0. The van der Waals surface area contributed by atoms with E-state index in [0.29, 0.717) is 19.4 Å². The largest absolute Gasteiger partial charge is 0.466 e. The summed E-state index contributed by atoms with van der Waals surface area (Å²) in [7, 11) is 0. The van der Waals surface area contributed by atoms with Crippen molar-refractivity contribution in [3.8, 4) is 0 Å². The molecule has 0 aromatic rings. The van der Waals surface area contributed by atoms with E-state index in [0.717, 1.165) is 64.2 Å². The molecule has 0 fully saturated rings. The number of hydrogen-bond donors (Lipinski definition) is 3. The molecule has 0 aromatic heterocycles. The number of aliphatic hydroxyl groups is 2. The quantitative estimate of drug-likeness (QED) is 0.0322. The first-order chi connectivity index (χ1) is 29.0. The third-order valence-corrected chi connectivity index (χ3v) is 12.0. The molecule has 0 saturated carbocycles. The van der Waals surface area contributed by atoms with Gasteiger partial charge in [0, 0.05) is 12.8 Å². The summed E-state index contributed by atoms with van der Waals surface area (Å²) in [6.45, 7) is 4.85. The van der Waals surface area contributed by atoms with Gasteiger partial charge in [-0.1, -0.05) is 231 Å². The van der Waals surface area contributed by atoms with Crippen molar-refractivity contribution in [3.05, 3.63) is 24.3 Å². The van der Waals surface area contributed by atoms with E-state index in [1.165, 1.54) is 186 Å². The zero-order valence-corrected chi connectivity index (χ0v) is 39.5. The highest BCUT2D eigenvalue weighted by atomic mass is 16.5. The number of allylic oxidation sites excluding steroid dienone is 3. The van der Waals surface area contributed by atoms with Crippen molar-refractivity contribution >= 4 is 11.9 Å². The number of hydrogen-bond acceptors (Lipinski definition) is 5. The number of rotatable bonds is 48. The Labute approximate surface area is 367 Å². The maximum atomic E-state index is 12.4. The number of carbonyl (C=O) groups excluding carboxylic acids is 2. The summed E-state index contributed by atoms with van der Waals surface area (Å²) in [5.74, 6) is -0.0884. The molecule has 348 valence electrons. The number of esters is 1. The highest BCUT2D eigenvalue weighted by Gasteiger charge is 2.18. The molecular formula is C53H101NO5. The summed E-state index contributed by atoms with van der Waals surface area (Å²) >= 11 is 0. The lowest BCUT2D eigenvalue weighted by molar-refractivity contribution is -0.143. The minimum absolute atomic E-state index is 0.000576. The lowest BCUT2D eigenvalue weighted by atomic mass is 10.0. The van der Waals surface area contributed by atoms with Crippen molar-refractivity contribution < 1.29 is 24.5 Å². The van der Waals surface area contributed by atoms with Gasteiger partial charge in [-0.25, -0.2) is 0 Å². The molecule has 0 aliphatic rings. The van der Waals surface area contributed by atoms with Crippen LogP contribution in [0.3, 0.4) is 0 Å². The monoisotopic (exact) mass is 832 g/mol. The van der Waals surface area contributed by atoms with E-state index >= 15 is 0 Å². The van der Waals surface area contributed by atoms with E-state index in [1.54, 1.807) is 6.08 Å². The molecule has 0 spiro atoms. The van der Waals surface area contributed by atoms with Crippen LogP contribution in [0, 0.1) is 0 Å². The minimum atomic E-state index is -0.852. The Morgan fingerprint density at radius 3 is 1.20 bits per heavy atom. The topological polar surface area (TPSA) is 95.9 Å². The number of nitrogens with one attached hydrogen (secondary N) is 1. The van der Waals surface area contributed by atoms with Crippen molar-refractivity contribution in [1.29, 1.82) is 0 Å². The molecule has 2 unspecified atom stereocenters. The summed E-state index contributed by atoms with van der Waals surface area (Å²) in [5, 5.41) is 22.9. The number of carbonyl (C=O) groups is 2. The highest BCUT2D eigenvalue weighted by Crippen LogP contribution is 2.16. The van der Waals surface area contributed by atoms with Crippen LogP contribution < -0.4 is 5.32 Å². The van der Waals surface area contributed by atoms with Crippen LogP contribution in [0.5, 0.6) is 0 Å². The van der Waals surface area contributed by atoms with Crippen molar-refractivity contribution in [1.82, 2.24) is 5.32 Å². The first-order valence-electron chi connectivity index (χ1n) is 26.1. The average molecular weight is 832 g/mol. The normalized spacial score (nSPS) is 12.8. The number of aliphatic hydroxyl groups excluding tert-OH is 2. The average Bonchev–Trinajstić information content (AvgIpc) is 3.24.